The Morgan fingerprint density at radius 1 is 1.00 bits per heavy atom. The first-order valence-electron chi connectivity index (χ1n) is 3.25. The summed E-state index contributed by atoms with van der Waals surface area (Å²) in [6.45, 7) is 0. The molecule has 6 heteroatoms. The minimum atomic E-state index is -0.694. The third-order valence-corrected chi connectivity index (χ3v) is 1.45. The molecule has 0 aliphatic carbocycles. The van der Waals surface area contributed by atoms with Gasteiger partial charge in [0, 0.05) is 0 Å². The smallest absolute Gasteiger partial charge is 0.434 e. The minimum absolute atomic E-state index is 0.618. The van der Waals surface area contributed by atoms with Crippen molar-refractivity contribution in [1.82, 2.24) is 0 Å². The molecule has 0 N–H and O–H groups in total. The summed E-state index contributed by atoms with van der Waals surface area (Å²) < 4.78 is 9.35. The van der Waals surface area contributed by atoms with Gasteiger partial charge in [-0.05, 0) is 0 Å². The summed E-state index contributed by atoms with van der Waals surface area (Å²) in [7, 11) is 0. The molecule has 0 bridgehead atoms. The molecular weight excluding hydrogens is 164 g/mol. The zero-order valence-corrected chi connectivity index (χ0v) is 5.84. The fourth-order valence-corrected chi connectivity index (χ4v) is 0.927. The van der Waals surface area contributed by atoms with Crippen molar-refractivity contribution in [2.24, 2.45) is 9.98 Å². The third kappa shape index (κ3) is 1.07. The van der Waals surface area contributed by atoms with Gasteiger partial charge in [-0.2, -0.15) is 9.98 Å². The van der Waals surface area contributed by atoms with Crippen molar-refractivity contribution in [3.63, 3.8) is 0 Å². The van der Waals surface area contributed by atoms with Crippen LogP contribution in [0.3, 0.4) is 0 Å². The molecule has 6 nitrogen and oxygen atoms in total. The molecule has 2 amide bonds. The van der Waals surface area contributed by atoms with E-state index in [4.69, 9.17) is 0 Å². The average Bonchev–Trinajstić information content (AvgIpc) is 2.05. The predicted molar refractivity (Wildman–Crippen MR) is 37.5 cm³/mol. The topological polar surface area (TPSA) is 77.3 Å². The number of aliphatic imine (C=N–C) groups is 2. The van der Waals surface area contributed by atoms with Crippen LogP contribution in [0.15, 0.2) is 9.98 Å². The number of hydrogen-bond donors (Lipinski definition) is 0. The maximum absolute atomic E-state index is 10.6. The van der Waals surface area contributed by atoms with Crippen molar-refractivity contribution in [1.29, 1.82) is 0 Å². The molecule has 2 rings (SSSR count). The highest BCUT2D eigenvalue weighted by Gasteiger charge is 2.32. The largest absolute Gasteiger partial charge is 0.434 e. The van der Waals surface area contributed by atoms with Crippen molar-refractivity contribution < 1.29 is 19.1 Å². The van der Waals surface area contributed by atoms with E-state index in [2.05, 4.69) is 19.5 Å². The molecule has 12 heavy (non-hydrogen) atoms. The summed E-state index contributed by atoms with van der Waals surface area (Å²) in [4.78, 5) is 27.8. The summed E-state index contributed by atoms with van der Waals surface area (Å²) in [5.74, 6) is 0. The van der Waals surface area contributed by atoms with Crippen molar-refractivity contribution in [2.45, 2.75) is 12.2 Å². The fourth-order valence-electron chi connectivity index (χ4n) is 0.927. The van der Waals surface area contributed by atoms with E-state index in [0.717, 1.165) is 0 Å². The maximum Gasteiger partial charge on any atom is 0.434 e. The Hall–Kier alpha value is -1.72. The number of carbonyl (C=O) groups is 2. The van der Waals surface area contributed by atoms with Gasteiger partial charge in [-0.3, -0.25) is 0 Å². The Balaban J connectivity index is 2.24. The zero-order valence-electron chi connectivity index (χ0n) is 5.84. The minimum Gasteiger partial charge on any atom is -0.434 e. The Bertz CT molecular complexity index is 266. The van der Waals surface area contributed by atoms with E-state index in [9.17, 15) is 9.59 Å². The van der Waals surface area contributed by atoms with Gasteiger partial charge in [0.2, 0.25) is 0 Å². The van der Waals surface area contributed by atoms with E-state index < -0.39 is 24.4 Å². The SMILES string of the molecule is O=C1N=C[C@H]2OC(=O)N=C[C@@H]2O1. The third-order valence-electron chi connectivity index (χ3n) is 1.45. The van der Waals surface area contributed by atoms with E-state index in [1.807, 2.05) is 0 Å². The van der Waals surface area contributed by atoms with E-state index in [0.29, 0.717) is 0 Å². The monoisotopic (exact) mass is 168 g/mol. The second-order valence-corrected chi connectivity index (χ2v) is 2.25. The van der Waals surface area contributed by atoms with Gasteiger partial charge in [-0.25, -0.2) is 9.59 Å². The lowest BCUT2D eigenvalue weighted by molar-refractivity contribution is 0.0494. The quantitative estimate of drug-likeness (QED) is 0.516. The van der Waals surface area contributed by atoms with Gasteiger partial charge in [-0.15, -0.1) is 0 Å². The number of rotatable bonds is 0. The first-order chi connectivity index (χ1) is 5.75. The first kappa shape index (κ1) is 6.96. The van der Waals surface area contributed by atoms with Gasteiger partial charge in [0.1, 0.15) is 0 Å². The summed E-state index contributed by atoms with van der Waals surface area (Å²) in [6, 6.07) is 0. The van der Waals surface area contributed by atoms with Crippen LogP contribution in [0.1, 0.15) is 0 Å². The molecule has 0 radical (unpaired) electrons. The molecule has 0 saturated heterocycles. The summed E-state index contributed by atoms with van der Waals surface area (Å²) in [5.41, 5.74) is 0. The van der Waals surface area contributed by atoms with Gasteiger partial charge in [0.05, 0.1) is 12.4 Å². The molecule has 2 aliphatic rings. The number of nitrogens with zero attached hydrogens (tertiary/aromatic N) is 2. The van der Waals surface area contributed by atoms with Crippen molar-refractivity contribution >= 4 is 24.6 Å². The fraction of sp³-hybridized carbons (Fsp3) is 0.333. The van der Waals surface area contributed by atoms with Gasteiger partial charge in [0.15, 0.2) is 12.2 Å². The van der Waals surface area contributed by atoms with Crippen LogP contribution in [0.25, 0.3) is 0 Å². The van der Waals surface area contributed by atoms with Crippen LogP contribution in [0, 0.1) is 0 Å². The Kier molecular flexibility index (Phi) is 1.39. The Morgan fingerprint density at radius 2 is 1.42 bits per heavy atom. The maximum atomic E-state index is 10.6. The average molecular weight is 168 g/mol. The zero-order chi connectivity index (χ0) is 8.55. The molecule has 0 unspecified atom stereocenters. The highest BCUT2D eigenvalue weighted by molar-refractivity contribution is 5.94. The van der Waals surface area contributed by atoms with Crippen LogP contribution in [0.2, 0.25) is 0 Å². The summed E-state index contributed by atoms with van der Waals surface area (Å²) in [6.07, 6.45) is -0.152. The molecule has 0 aromatic carbocycles. The first-order valence-corrected chi connectivity index (χ1v) is 3.25. The van der Waals surface area contributed by atoms with E-state index in [-0.39, 0.29) is 0 Å². The van der Waals surface area contributed by atoms with Crippen molar-refractivity contribution in [3.8, 4) is 0 Å². The highest BCUT2D eigenvalue weighted by Crippen LogP contribution is 2.12. The highest BCUT2D eigenvalue weighted by atomic mass is 16.6. The summed E-state index contributed by atoms with van der Waals surface area (Å²) >= 11 is 0. The molecule has 2 aliphatic heterocycles. The van der Waals surface area contributed by atoms with Gasteiger partial charge in [-0.1, -0.05) is 0 Å². The Morgan fingerprint density at radius 3 is 1.83 bits per heavy atom. The second-order valence-electron chi connectivity index (χ2n) is 2.25. The summed E-state index contributed by atoms with van der Waals surface area (Å²) in [5, 5.41) is 0. The molecular formula is C6H4N2O4. The Labute approximate surface area is 66.9 Å². The molecule has 0 aromatic rings. The molecule has 0 saturated carbocycles. The van der Waals surface area contributed by atoms with Crippen LogP contribution in [0.4, 0.5) is 9.59 Å². The van der Waals surface area contributed by atoms with Crippen LogP contribution >= 0.6 is 0 Å². The normalized spacial score (nSPS) is 32.3. The van der Waals surface area contributed by atoms with Crippen LogP contribution in [-0.4, -0.2) is 36.8 Å². The van der Waals surface area contributed by atoms with Gasteiger partial charge in [0.25, 0.3) is 0 Å². The van der Waals surface area contributed by atoms with Crippen LogP contribution in [0.5, 0.6) is 0 Å². The number of amides is 2. The van der Waals surface area contributed by atoms with Crippen molar-refractivity contribution in [2.75, 3.05) is 0 Å². The number of carbonyl (C=O) groups excluding carboxylic acids is 2. The lowest BCUT2D eigenvalue weighted by Gasteiger charge is -2.24. The van der Waals surface area contributed by atoms with Crippen LogP contribution < -0.4 is 0 Å². The lowest BCUT2D eigenvalue weighted by atomic mass is 10.2. The number of hydrogen-bond acceptors (Lipinski definition) is 4. The molecule has 2 atom stereocenters. The van der Waals surface area contributed by atoms with Crippen LogP contribution in [-0.2, 0) is 9.47 Å². The molecule has 62 valence electrons. The lowest BCUT2D eigenvalue weighted by Crippen LogP contribution is -2.42. The van der Waals surface area contributed by atoms with E-state index in [1.54, 1.807) is 0 Å². The second kappa shape index (κ2) is 2.40. The number of ether oxygens (including phenoxy) is 2. The van der Waals surface area contributed by atoms with Gasteiger partial charge < -0.3 is 9.47 Å². The molecule has 2 heterocycles. The van der Waals surface area contributed by atoms with E-state index >= 15 is 0 Å². The predicted octanol–water partition coefficient (Wildman–Crippen LogP) is 0.166. The van der Waals surface area contributed by atoms with E-state index in [1.165, 1.54) is 12.4 Å². The molecule has 0 spiro atoms. The van der Waals surface area contributed by atoms with Gasteiger partial charge >= 0.3 is 12.2 Å². The molecule has 0 aromatic heterocycles. The number of fused-ring (bicyclic) bond motifs is 1. The molecule has 0 fully saturated rings. The van der Waals surface area contributed by atoms with Crippen molar-refractivity contribution in [3.05, 3.63) is 0 Å². The standard InChI is InChI=1S/C6H4N2O4/c9-5-7-1-3-4(12-5)2-8-6(10)11-3/h1-4H/t3-,4+.